The van der Waals surface area contributed by atoms with Crippen molar-refractivity contribution in [1.82, 2.24) is 10.2 Å². The fraction of sp³-hybridized carbons (Fsp3) is 1.00. The van der Waals surface area contributed by atoms with Gasteiger partial charge in [0.2, 0.25) is 0 Å². The summed E-state index contributed by atoms with van der Waals surface area (Å²) in [6, 6.07) is 0.745. The Morgan fingerprint density at radius 1 is 1.05 bits per heavy atom. The lowest BCUT2D eigenvalue weighted by molar-refractivity contribution is 0.0653. The van der Waals surface area contributed by atoms with Gasteiger partial charge in [0.1, 0.15) is 0 Å². The molecule has 0 amide bonds. The van der Waals surface area contributed by atoms with Crippen molar-refractivity contribution in [1.29, 1.82) is 0 Å². The van der Waals surface area contributed by atoms with Crippen LogP contribution in [0.3, 0.4) is 0 Å². The number of nitrogens with one attached hydrogen (secondary N) is 1. The second-order valence-corrected chi connectivity index (χ2v) is 8.68. The maximum Gasteiger partial charge on any atom is 0.0145 e. The molecule has 0 atom stereocenters. The van der Waals surface area contributed by atoms with E-state index < -0.39 is 0 Å². The van der Waals surface area contributed by atoms with Crippen molar-refractivity contribution >= 4 is 11.8 Å². The van der Waals surface area contributed by atoms with Crippen LogP contribution in [0.4, 0.5) is 0 Å². The summed E-state index contributed by atoms with van der Waals surface area (Å²) in [4.78, 5) is 2.78. The first-order valence-corrected chi connectivity index (χ1v) is 9.71. The third-order valence-electron chi connectivity index (χ3n) is 4.28. The molecular formula is C17H36N2S. The van der Waals surface area contributed by atoms with Gasteiger partial charge in [-0.15, -0.1) is 0 Å². The van der Waals surface area contributed by atoms with E-state index in [9.17, 15) is 0 Å². The van der Waals surface area contributed by atoms with E-state index in [0.717, 1.165) is 6.04 Å². The van der Waals surface area contributed by atoms with Gasteiger partial charge in [0.15, 0.2) is 0 Å². The summed E-state index contributed by atoms with van der Waals surface area (Å²) in [7, 11) is 0. The topological polar surface area (TPSA) is 15.3 Å². The summed E-state index contributed by atoms with van der Waals surface area (Å²) in [5.74, 6) is 1.29. The maximum atomic E-state index is 3.81. The number of thioether (sulfide) groups is 1. The van der Waals surface area contributed by atoms with Gasteiger partial charge in [-0.3, -0.25) is 0 Å². The molecule has 1 saturated heterocycles. The van der Waals surface area contributed by atoms with Crippen molar-refractivity contribution in [3.8, 4) is 0 Å². The third kappa shape index (κ3) is 6.36. The minimum absolute atomic E-state index is 0.260. The standard InChI is InChI=1S/C17H36N2S/c1-7-8-10-19(11-9-12-20-6)15-13-16(2,3)18-17(4,5)14-15/h15,18H,7-14H2,1-6H3. The molecule has 20 heavy (non-hydrogen) atoms. The second kappa shape index (κ2) is 8.05. The Bertz CT molecular complexity index is 260. The molecule has 0 aliphatic carbocycles. The zero-order chi connectivity index (χ0) is 15.2. The van der Waals surface area contributed by atoms with Crippen molar-refractivity contribution in [2.24, 2.45) is 0 Å². The Morgan fingerprint density at radius 3 is 2.10 bits per heavy atom. The molecule has 0 radical (unpaired) electrons. The molecule has 0 bridgehead atoms. The Labute approximate surface area is 131 Å². The lowest BCUT2D eigenvalue weighted by Gasteiger charge is -2.50. The van der Waals surface area contributed by atoms with Crippen LogP contribution in [-0.2, 0) is 0 Å². The molecule has 1 N–H and O–H groups in total. The zero-order valence-corrected chi connectivity index (χ0v) is 15.4. The average molecular weight is 301 g/mol. The van der Waals surface area contributed by atoms with E-state index in [1.165, 1.54) is 50.9 Å². The summed E-state index contributed by atoms with van der Waals surface area (Å²) in [6.45, 7) is 14.3. The van der Waals surface area contributed by atoms with E-state index in [1.807, 2.05) is 11.8 Å². The molecule has 0 aromatic carbocycles. The molecule has 120 valence electrons. The highest BCUT2D eigenvalue weighted by Crippen LogP contribution is 2.31. The van der Waals surface area contributed by atoms with Crippen molar-refractivity contribution in [2.75, 3.05) is 25.1 Å². The lowest BCUT2D eigenvalue weighted by Crippen LogP contribution is -2.62. The first-order valence-electron chi connectivity index (χ1n) is 8.32. The molecular weight excluding hydrogens is 264 g/mol. The van der Waals surface area contributed by atoms with E-state index in [0.29, 0.717) is 0 Å². The molecule has 0 aromatic rings. The maximum absolute atomic E-state index is 3.81. The summed E-state index contributed by atoms with van der Waals surface area (Å²) < 4.78 is 0. The Kier molecular flexibility index (Phi) is 7.37. The lowest BCUT2D eigenvalue weighted by atomic mass is 9.79. The predicted octanol–water partition coefficient (Wildman–Crippen LogP) is 4.15. The smallest absolute Gasteiger partial charge is 0.0145 e. The van der Waals surface area contributed by atoms with Crippen LogP contribution in [-0.4, -0.2) is 47.1 Å². The minimum atomic E-state index is 0.260. The molecule has 3 heteroatoms. The van der Waals surface area contributed by atoms with E-state index >= 15 is 0 Å². The summed E-state index contributed by atoms with van der Waals surface area (Å²) in [5, 5.41) is 3.81. The van der Waals surface area contributed by atoms with Crippen LogP contribution in [0.25, 0.3) is 0 Å². The van der Waals surface area contributed by atoms with Crippen molar-refractivity contribution in [3.63, 3.8) is 0 Å². The molecule has 1 aliphatic heterocycles. The van der Waals surface area contributed by atoms with Gasteiger partial charge < -0.3 is 10.2 Å². The van der Waals surface area contributed by atoms with Crippen molar-refractivity contribution in [2.45, 2.75) is 83.8 Å². The largest absolute Gasteiger partial charge is 0.307 e. The normalized spacial score (nSPS) is 22.4. The molecule has 1 heterocycles. The Morgan fingerprint density at radius 2 is 1.60 bits per heavy atom. The van der Waals surface area contributed by atoms with Gasteiger partial charge in [-0.2, -0.15) is 11.8 Å². The minimum Gasteiger partial charge on any atom is -0.307 e. The second-order valence-electron chi connectivity index (χ2n) is 7.69. The highest BCUT2D eigenvalue weighted by Gasteiger charge is 2.39. The molecule has 0 unspecified atom stereocenters. The molecule has 2 nitrogen and oxygen atoms in total. The number of rotatable bonds is 8. The SMILES string of the molecule is CCCCN(CCCSC)C1CC(C)(C)NC(C)(C)C1. The quantitative estimate of drug-likeness (QED) is 0.678. The number of unbranched alkanes of at least 4 members (excludes halogenated alkanes) is 1. The molecule has 1 aliphatic rings. The third-order valence-corrected chi connectivity index (χ3v) is 4.97. The van der Waals surface area contributed by atoms with Crippen molar-refractivity contribution < 1.29 is 0 Å². The van der Waals surface area contributed by atoms with Crippen LogP contribution >= 0.6 is 11.8 Å². The Balaban J connectivity index is 2.66. The van der Waals surface area contributed by atoms with Gasteiger partial charge in [0.05, 0.1) is 0 Å². The van der Waals surface area contributed by atoms with Gasteiger partial charge >= 0.3 is 0 Å². The molecule has 1 fully saturated rings. The fourth-order valence-corrected chi connectivity index (χ4v) is 4.19. The van der Waals surface area contributed by atoms with Gasteiger partial charge in [-0.25, -0.2) is 0 Å². The molecule has 1 rings (SSSR count). The van der Waals surface area contributed by atoms with Crippen LogP contribution in [0.5, 0.6) is 0 Å². The Hall–Kier alpha value is 0.270. The van der Waals surface area contributed by atoms with Gasteiger partial charge in [0.25, 0.3) is 0 Å². The summed E-state index contributed by atoms with van der Waals surface area (Å²) in [5.41, 5.74) is 0.521. The monoisotopic (exact) mass is 300 g/mol. The van der Waals surface area contributed by atoms with Crippen LogP contribution in [0, 0.1) is 0 Å². The predicted molar refractivity (Wildman–Crippen MR) is 93.8 cm³/mol. The van der Waals surface area contributed by atoms with Crippen LogP contribution in [0.15, 0.2) is 0 Å². The zero-order valence-electron chi connectivity index (χ0n) is 14.6. The number of hydrogen-bond acceptors (Lipinski definition) is 3. The highest BCUT2D eigenvalue weighted by atomic mass is 32.2. The van der Waals surface area contributed by atoms with Crippen LogP contribution in [0.2, 0.25) is 0 Å². The van der Waals surface area contributed by atoms with E-state index in [2.05, 4.69) is 51.1 Å². The van der Waals surface area contributed by atoms with E-state index in [-0.39, 0.29) is 11.1 Å². The number of piperidine rings is 1. The van der Waals surface area contributed by atoms with Crippen molar-refractivity contribution in [3.05, 3.63) is 0 Å². The molecule has 0 spiro atoms. The first kappa shape index (κ1) is 18.3. The van der Waals surface area contributed by atoms with E-state index in [4.69, 9.17) is 0 Å². The van der Waals surface area contributed by atoms with Gasteiger partial charge in [-0.05, 0) is 78.5 Å². The molecule has 0 aromatic heterocycles. The number of hydrogen-bond donors (Lipinski definition) is 1. The fourth-order valence-electron chi connectivity index (χ4n) is 3.78. The van der Waals surface area contributed by atoms with Gasteiger partial charge in [0, 0.05) is 17.1 Å². The first-order chi connectivity index (χ1) is 9.29. The van der Waals surface area contributed by atoms with Gasteiger partial charge in [-0.1, -0.05) is 13.3 Å². The average Bonchev–Trinajstić information content (AvgIpc) is 2.29. The summed E-state index contributed by atoms with van der Waals surface area (Å²) >= 11 is 1.97. The van der Waals surface area contributed by atoms with E-state index in [1.54, 1.807) is 0 Å². The molecule has 0 saturated carbocycles. The van der Waals surface area contributed by atoms with Crippen LogP contribution in [0.1, 0.15) is 66.7 Å². The number of nitrogens with zero attached hydrogens (tertiary/aromatic N) is 1. The summed E-state index contributed by atoms with van der Waals surface area (Å²) in [6.07, 6.45) is 8.74. The van der Waals surface area contributed by atoms with Crippen LogP contribution < -0.4 is 5.32 Å². The highest BCUT2D eigenvalue weighted by molar-refractivity contribution is 7.98.